The minimum Gasteiger partial charge on any atom is -0.382 e. The molecule has 3 N–H and O–H groups in total. The van der Waals surface area contributed by atoms with Gasteiger partial charge in [-0.1, -0.05) is 0 Å². The maximum Gasteiger partial charge on any atom is 0.236 e. The number of nitrogens with two attached hydrogens (primary N) is 1. The summed E-state index contributed by atoms with van der Waals surface area (Å²) in [7, 11) is 1.61. The molecule has 0 bridgehead atoms. The van der Waals surface area contributed by atoms with Crippen LogP contribution in [0.5, 0.6) is 0 Å². The van der Waals surface area contributed by atoms with E-state index in [0.717, 1.165) is 12.8 Å². The smallest absolute Gasteiger partial charge is 0.236 e. The lowest BCUT2D eigenvalue weighted by Crippen LogP contribution is -2.45. The topological polar surface area (TPSA) is 73.6 Å². The highest BCUT2D eigenvalue weighted by atomic mass is 16.5. The molecule has 0 aliphatic heterocycles. The third-order valence-electron chi connectivity index (χ3n) is 2.07. The van der Waals surface area contributed by atoms with Gasteiger partial charge in [0, 0.05) is 13.2 Å². The lowest BCUT2D eigenvalue weighted by atomic mass is 10.3. The number of amides is 1. The first-order valence-corrected chi connectivity index (χ1v) is 4.86. The van der Waals surface area contributed by atoms with Gasteiger partial charge in [-0.2, -0.15) is 0 Å². The van der Waals surface area contributed by atoms with Crippen molar-refractivity contribution in [3.05, 3.63) is 0 Å². The molecule has 1 fully saturated rings. The summed E-state index contributed by atoms with van der Waals surface area (Å²) in [5, 5.41) is 3.13. The molecule has 0 aromatic carbocycles. The van der Waals surface area contributed by atoms with Crippen LogP contribution in [-0.4, -0.2) is 44.9 Å². The zero-order valence-electron chi connectivity index (χ0n) is 8.49. The zero-order valence-corrected chi connectivity index (χ0v) is 8.49. The molecule has 0 aromatic rings. The highest BCUT2D eigenvalue weighted by Gasteiger charge is 2.27. The van der Waals surface area contributed by atoms with Crippen LogP contribution in [0.4, 0.5) is 0 Å². The lowest BCUT2D eigenvalue weighted by molar-refractivity contribution is -0.121. The normalized spacial score (nSPS) is 18.1. The number of carbonyl (C=O) groups excluding carboxylic acids is 1. The Balaban J connectivity index is 2.10. The van der Waals surface area contributed by atoms with Crippen LogP contribution in [0.2, 0.25) is 0 Å². The van der Waals surface area contributed by atoms with Gasteiger partial charge in [-0.15, -0.1) is 0 Å². The molecule has 0 heterocycles. The minimum atomic E-state index is -0.362. The highest BCUT2D eigenvalue weighted by Crippen LogP contribution is 2.19. The summed E-state index contributed by atoms with van der Waals surface area (Å²) in [6.07, 6.45) is 2.25. The summed E-state index contributed by atoms with van der Waals surface area (Å²) in [6, 6.07) is 0.0953. The molecule has 1 aliphatic rings. The quantitative estimate of drug-likeness (QED) is 0.508. The SMILES string of the molecule is COCCOCC(NC1CC1)C(N)=O. The summed E-state index contributed by atoms with van der Waals surface area (Å²) in [5.74, 6) is -0.352. The van der Waals surface area contributed by atoms with Crippen LogP contribution in [0, 0.1) is 0 Å². The fourth-order valence-electron chi connectivity index (χ4n) is 1.09. The molecule has 5 heteroatoms. The highest BCUT2D eigenvalue weighted by molar-refractivity contribution is 5.80. The van der Waals surface area contributed by atoms with Gasteiger partial charge in [0.25, 0.3) is 0 Å². The Bertz CT molecular complexity index is 183. The molecular weight excluding hydrogens is 184 g/mol. The second kappa shape index (κ2) is 5.95. The maximum atomic E-state index is 11.0. The Hall–Kier alpha value is -0.650. The molecule has 5 nitrogen and oxygen atoms in total. The van der Waals surface area contributed by atoms with E-state index in [0.29, 0.717) is 25.9 Å². The largest absolute Gasteiger partial charge is 0.382 e. The zero-order chi connectivity index (χ0) is 10.4. The second-order valence-electron chi connectivity index (χ2n) is 3.46. The van der Waals surface area contributed by atoms with Gasteiger partial charge in [0.15, 0.2) is 0 Å². The van der Waals surface area contributed by atoms with Crippen LogP contribution in [0.3, 0.4) is 0 Å². The summed E-state index contributed by atoms with van der Waals surface area (Å²) in [6.45, 7) is 1.36. The van der Waals surface area contributed by atoms with Crippen LogP contribution in [0.1, 0.15) is 12.8 Å². The van der Waals surface area contributed by atoms with E-state index in [1.807, 2.05) is 0 Å². The fourth-order valence-corrected chi connectivity index (χ4v) is 1.09. The Morgan fingerprint density at radius 3 is 2.79 bits per heavy atom. The molecule has 1 saturated carbocycles. The predicted molar refractivity (Wildman–Crippen MR) is 51.8 cm³/mol. The molecule has 0 saturated heterocycles. The van der Waals surface area contributed by atoms with Crippen molar-refractivity contribution >= 4 is 5.91 Å². The van der Waals surface area contributed by atoms with Gasteiger partial charge >= 0.3 is 0 Å². The Morgan fingerprint density at radius 1 is 1.57 bits per heavy atom. The van der Waals surface area contributed by atoms with E-state index in [9.17, 15) is 4.79 Å². The molecule has 1 rings (SSSR count). The van der Waals surface area contributed by atoms with Gasteiger partial charge in [0.2, 0.25) is 5.91 Å². The number of nitrogens with one attached hydrogen (secondary N) is 1. The molecule has 82 valence electrons. The van der Waals surface area contributed by atoms with Crippen molar-refractivity contribution < 1.29 is 14.3 Å². The number of methoxy groups -OCH3 is 1. The van der Waals surface area contributed by atoms with Crippen molar-refractivity contribution in [2.75, 3.05) is 26.9 Å². The van der Waals surface area contributed by atoms with Gasteiger partial charge in [0.1, 0.15) is 6.04 Å². The first-order valence-electron chi connectivity index (χ1n) is 4.86. The Kier molecular flexibility index (Phi) is 4.86. The van der Waals surface area contributed by atoms with Crippen LogP contribution in [0.25, 0.3) is 0 Å². The molecule has 1 unspecified atom stereocenters. The number of hydrogen-bond donors (Lipinski definition) is 2. The third-order valence-corrected chi connectivity index (χ3v) is 2.07. The lowest BCUT2D eigenvalue weighted by Gasteiger charge is -2.14. The summed E-state index contributed by atoms with van der Waals surface area (Å²) in [4.78, 5) is 11.0. The van der Waals surface area contributed by atoms with E-state index in [2.05, 4.69) is 5.32 Å². The van der Waals surface area contributed by atoms with Gasteiger partial charge in [-0.25, -0.2) is 0 Å². The first-order chi connectivity index (χ1) is 6.74. The van der Waals surface area contributed by atoms with Crippen LogP contribution in [0.15, 0.2) is 0 Å². The van der Waals surface area contributed by atoms with Crippen molar-refractivity contribution in [2.45, 2.75) is 24.9 Å². The van der Waals surface area contributed by atoms with Crippen molar-refractivity contribution in [1.29, 1.82) is 0 Å². The van der Waals surface area contributed by atoms with Crippen molar-refractivity contribution in [1.82, 2.24) is 5.32 Å². The first kappa shape index (κ1) is 11.4. The molecule has 1 atom stereocenters. The fraction of sp³-hybridized carbons (Fsp3) is 0.889. The van der Waals surface area contributed by atoms with E-state index >= 15 is 0 Å². The van der Waals surface area contributed by atoms with E-state index in [1.54, 1.807) is 7.11 Å². The maximum absolute atomic E-state index is 11.0. The van der Waals surface area contributed by atoms with E-state index in [4.69, 9.17) is 15.2 Å². The van der Waals surface area contributed by atoms with Gasteiger partial charge in [0.05, 0.1) is 19.8 Å². The average molecular weight is 202 g/mol. The molecule has 0 radical (unpaired) electrons. The molecule has 1 aliphatic carbocycles. The number of rotatable bonds is 8. The van der Waals surface area contributed by atoms with E-state index in [-0.39, 0.29) is 11.9 Å². The molecular formula is C9H18N2O3. The average Bonchev–Trinajstić information content (AvgIpc) is 2.93. The van der Waals surface area contributed by atoms with Crippen molar-refractivity contribution in [3.63, 3.8) is 0 Å². The molecule has 0 spiro atoms. The Labute approximate surface area is 83.9 Å². The summed E-state index contributed by atoms with van der Waals surface area (Å²) < 4.78 is 10.1. The van der Waals surface area contributed by atoms with Gasteiger partial charge in [-0.05, 0) is 12.8 Å². The minimum absolute atomic E-state index is 0.329. The van der Waals surface area contributed by atoms with Gasteiger partial charge < -0.3 is 20.5 Å². The molecule has 14 heavy (non-hydrogen) atoms. The molecule has 0 aromatic heterocycles. The second-order valence-corrected chi connectivity index (χ2v) is 3.46. The number of primary amides is 1. The van der Waals surface area contributed by atoms with E-state index < -0.39 is 0 Å². The third kappa shape index (κ3) is 4.55. The van der Waals surface area contributed by atoms with Crippen LogP contribution in [-0.2, 0) is 14.3 Å². The van der Waals surface area contributed by atoms with Crippen molar-refractivity contribution in [3.8, 4) is 0 Å². The predicted octanol–water partition coefficient (Wildman–Crippen LogP) is -0.745. The number of carbonyl (C=O) groups is 1. The monoisotopic (exact) mass is 202 g/mol. The summed E-state index contributed by atoms with van der Waals surface area (Å²) in [5.41, 5.74) is 5.21. The standard InChI is InChI=1S/C9H18N2O3/c1-13-4-5-14-6-8(9(10)12)11-7-2-3-7/h7-8,11H,2-6H2,1H3,(H2,10,12). The summed E-state index contributed by atoms with van der Waals surface area (Å²) >= 11 is 0. The van der Waals surface area contributed by atoms with E-state index in [1.165, 1.54) is 0 Å². The van der Waals surface area contributed by atoms with Crippen LogP contribution < -0.4 is 11.1 Å². The van der Waals surface area contributed by atoms with Crippen molar-refractivity contribution in [2.24, 2.45) is 5.73 Å². The number of ether oxygens (including phenoxy) is 2. The molecule has 1 amide bonds. The van der Waals surface area contributed by atoms with Gasteiger partial charge in [-0.3, -0.25) is 4.79 Å². The number of hydrogen-bond acceptors (Lipinski definition) is 4. The Morgan fingerprint density at radius 2 is 2.29 bits per heavy atom. The van der Waals surface area contributed by atoms with Crippen LogP contribution >= 0.6 is 0 Å².